The van der Waals surface area contributed by atoms with Gasteiger partial charge in [0.05, 0.1) is 15.5 Å². The smallest absolute Gasteiger partial charge is 0.289 e. The van der Waals surface area contributed by atoms with Crippen LogP contribution in [-0.4, -0.2) is 17.1 Å². The molecule has 0 saturated heterocycles. The van der Waals surface area contributed by atoms with Gasteiger partial charge in [-0.15, -0.1) is 11.8 Å². The summed E-state index contributed by atoms with van der Waals surface area (Å²) in [7, 11) is 0. The van der Waals surface area contributed by atoms with Crippen LogP contribution in [-0.2, 0) is 0 Å². The standard InChI is InChI=1S/C14H10Cl2N2O3S/c1-22-9-3-5-11(15)10(7-9)14(19)17-8-2-4-12(16)13(6-8)18(20)21/h2-7H,1H3,(H,17,19). The van der Waals surface area contributed by atoms with Gasteiger partial charge in [-0.1, -0.05) is 23.2 Å². The van der Waals surface area contributed by atoms with Gasteiger partial charge in [0.2, 0.25) is 0 Å². The quantitative estimate of drug-likeness (QED) is 0.481. The number of carbonyl (C=O) groups excluding carboxylic acids is 1. The summed E-state index contributed by atoms with van der Waals surface area (Å²) >= 11 is 13.2. The highest BCUT2D eigenvalue weighted by atomic mass is 35.5. The van der Waals surface area contributed by atoms with E-state index in [0.717, 1.165) is 4.90 Å². The molecule has 0 fully saturated rings. The Kier molecular flexibility index (Phi) is 5.28. The van der Waals surface area contributed by atoms with Crippen molar-refractivity contribution in [2.75, 3.05) is 11.6 Å². The van der Waals surface area contributed by atoms with Crippen LogP contribution in [0.3, 0.4) is 0 Å². The Morgan fingerprint density at radius 3 is 2.50 bits per heavy atom. The van der Waals surface area contributed by atoms with Crippen LogP contribution in [0, 0.1) is 10.1 Å². The normalized spacial score (nSPS) is 10.3. The van der Waals surface area contributed by atoms with Crippen molar-refractivity contribution in [1.82, 2.24) is 0 Å². The molecule has 2 aromatic rings. The second-order valence-corrected chi connectivity index (χ2v) is 5.92. The van der Waals surface area contributed by atoms with E-state index in [2.05, 4.69) is 5.32 Å². The van der Waals surface area contributed by atoms with Crippen LogP contribution in [0.1, 0.15) is 10.4 Å². The number of hydrogen-bond donors (Lipinski definition) is 1. The van der Waals surface area contributed by atoms with E-state index >= 15 is 0 Å². The first-order valence-corrected chi connectivity index (χ1v) is 7.99. The predicted molar refractivity (Wildman–Crippen MR) is 89.3 cm³/mol. The molecule has 0 unspecified atom stereocenters. The molecule has 0 bridgehead atoms. The number of nitro groups is 1. The first kappa shape index (κ1) is 16.6. The highest BCUT2D eigenvalue weighted by Gasteiger charge is 2.16. The van der Waals surface area contributed by atoms with Crippen LogP contribution in [0.5, 0.6) is 0 Å². The number of hydrogen-bond acceptors (Lipinski definition) is 4. The molecule has 2 rings (SSSR count). The monoisotopic (exact) mass is 356 g/mol. The summed E-state index contributed by atoms with van der Waals surface area (Å²) in [4.78, 5) is 23.4. The first-order chi connectivity index (χ1) is 10.4. The molecule has 114 valence electrons. The number of amides is 1. The average Bonchev–Trinajstić information content (AvgIpc) is 2.49. The lowest BCUT2D eigenvalue weighted by atomic mass is 10.2. The van der Waals surface area contributed by atoms with Gasteiger partial charge in [0.1, 0.15) is 5.02 Å². The van der Waals surface area contributed by atoms with Crippen molar-refractivity contribution in [2.24, 2.45) is 0 Å². The van der Waals surface area contributed by atoms with Crippen LogP contribution in [0.25, 0.3) is 0 Å². The number of benzene rings is 2. The summed E-state index contributed by atoms with van der Waals surface area (Å²) in [5.74, 6) is -0.447. The summed E-state index contributed by atoms with van der Waals surface area (Å²) in [5, 5.41) is 13.7. The molecule has 0 saturated carbocycles. The molecule has 22 heavy (non-hydrogen) atoms. The highest BCUT2D eigenvalue weighted by molar-refractivity contribution is 7.98. The maximum Gasteiger partial charge on any atom is 0.289 e. The van der Waals surface area contributed by atoms with E-state index in [9.17, 15) is 14.9 Å². The Bertz CT molecular complexity index is 753. The Morgan fingerprint density at radius 1 is 1.18 bits per heavy atom. The van der Waals surface area contributed by atoms with Gasteiger partial charge in [-0.2, -0.15) is 0 Å². The minimum absolute atomic E-state index is 0.00501. The minimum atomic E-state index is -0.612. The van der Waals surface area contributed by atoms with Crippen molar-refractivity contribution in [3.05, 3.63) is 62.1 Å². The Hall–Kier alpha value is -1.76. The van der Waals surface area contributed by atoms with Crippen LogP contribution in [0.2, 0.25) is 10.0 Å². The summed E-state index contributed by atoms with van der Waals surface area (Å²) in [5.41, 5.74) is 0.293. The van der Waals surface area contributed by atoms with E-state index < -0.39 is 10.8 Å². The van der Waals surface area contributed by atoms with Crippen LogP contribution < -0.4 is 5.32 Å². The third-order valence-corrected chi connectivity index (χ3v) is 4.19. The van der Waals surface area contributed by atoms with E-state index in [1.54, 1.807) is 18.2 Å². The molecule has 2 aromatic carbocycles. The van der Waals surface area contributed by atoms with Gasteiger partial charge >= 0.3 is 0 Å². The molecule has 1 amide bonds. The van der Waals surface area contributed by atoms with Gasteiger partial charge in [-0.25, -0.2) is 0 Å². The molecule has 0 spiro atoms. The number of anilines is 1. The van der Waals surface area contributed by atoms with E-state index in [-0.39, 0.29) is 16.4 Å². The fourth-order valence-corrected chi connectivity index (χ4v) is 2.56. The van der Waals surface area contributed by atoms with Gasteiger partial charge in [0.25, 0.3) is 11.6 Å². The number of halogens is 2. The fraction of sp³-hybridized carbons (Fsp3) is 0.0714. The van der Waals surface area contributed by atoms with Gasteiger partial charge in [0, 0.05) is 16.6 Å². The highest BCUT2D eigenvalue weighted by Crippen LogP contribution is 2.28. The zero-order valence-electron chi connectivity index (χ0n) is 11.3. The van der Waals surface area contributed by atoms with E-state index in [1.807, 2.05) is 6.26 Å². The number of carbonyl (C=O) groups is 1. The summed E-state index contributed by atoms with van der Waals surface area (Å²) < 4.78 is 0. The van der Waals surface area contributed by atoms with Crippen molar-refractivity contribution >= 4 is 52.2 Å². The Balaban J connectivity index is 2.29. The second kappa shape index (κ2) is 7.00. The van der Waals surface area contributed by atoms with E-state index in [0.29, 0.717) is 10.6 Å². The van der Waals surface area contributed by atoms with Gasteiger partial charge in [-0.05, 0) is 36.6 Å². The molecule has 0 radical (unpaired) electrons. The van der Waals surface area contributed by atoms with Crippen molar-refractivity contribution in [3.8, 4) is 0 Å². The number of rotatable bonds is 4. The maximum atomic E-state index is 12.3. The number of nitrogens with zero attached hydrogens (tertiary/aromatic N) is 1. The first-order valence-electron chi connectivity index (χ1n) is 6.01. The van der Waals surface area contributed by atoms with Crippen LogP contribution in [0.4, 0.5) is 11.4 Å². The lowest BCUT2D eigenvalue weighted by molar-refractivity contribution is -0.384. The minimum Gasteiger partial charge on any atom is -0.322 e. The zero-order valence-corrected chi connectivity index (χ0v) is 13.6. The summed E-state index contributed by atoms with van der Waals surface area (Å²) in [6, 6.07) is 9.14. The van der Waals surface area contributed by atoms with Gasteiger partial charge < -0.3 is 5.32 Å². The molecule has 8 heteroatoms. The molecule has 0 aromatic heterocycles. The molecule has 0 aliphatic rings. The summed E-state index contributed by atoms with van der Waals surface area (Å²) in [6.07, 6.45) is 1.88. The van der Waals surface area contributed by atoms with Crippen molar-refractivity contribution in [3.63, 3.8) is 0 Å². The SMILES string of the molecule is CSc1ccc(Cl)c(C(=O)Nc2ccc(Cl)c([N+](=O)[O-])c2)c1. The molecule has 0 atom stereocenters. The van der Waals surface area contributed by atoms with Crippen LogP contribution in [0.15, 0.2) is 41.3 Å². The summed E-state index contributed by atoms with van der Waals surface area (Å²) in [6.45, 7) is 0. The lowest BCUT2D eigenvalue weighted by Crippen LogP contribution is -2.12. The second-order valence-electron chi connectivity index (χ2n) is 4.22. The Morgan fingerprint density at radius 2 is 1.86 bits per heavy atom. The number of thioether (sulfide) groups is 1. The molecule has 0 aliphatic carbocycles. The lowest BCUT2D eigenvalue weighted by Gasteiger charge is -2.08. The van der Waals surface area contributed by atoms with Crippen LogP contribution >= 0.6 is 35.0 Å². The van der Waals surface area contributed by atoms with E-state index in [1.165, 1.54) is 30.0 Å². The molecule has 5 nitrogen and oxygen atoms in total. The van der Waals surface area contributed by atoms with Crippen molar-refractivity contribution < 1.29 is 9.72 Å². The maximum absolute atomic E-state index is 12.3. The predicted octanol–water partition coefficient (Wildman–Crippen LogP) is 4.88. The van der Waals surface area contributed by atoms with Crippen molar-refractivity contribution in [2.45, 2.75) is 4.90 Å². The van der Waals surface area contributed by atoms with Crippen molar-refractivity contribution in [1.29, 1.82) is 0 Å². The molecule has 0 heterocycles. The van der Waals surface area contributed by atoms with Gasteiger partial charge in [-0.3, -0.25) is 14.9 Å². The molecular formula is C14H10Cl2N2O3S. The van der Waals surface area contributed by atoms with Gasteiger partial charge in [0.15, 0.2) is 0 Å². The Labute approximate surface area is 140 Å². The fourth-order valence-electron chi connectivity index (χ4n) is 1.73. The third-order valence-electron chi connectivity index (χ3n) is 2.82. The third kappa shape index (κ3) is 3.71. The number of nitro benzene ring substituents is 1. The average molecular weight is 357 g/mol. The number of nitrogens with one attached hydrogen (secondary N) is 1. The van der Waals surface area contributed by atoms with E-state index in [4.69, 9.17) is 23.2 Å². The largest absolute Gasteiger partial charge is 0.322 e. The topological polar surface area (TPSA) is 72.2 Å². The molecule has 1 N–H and O–H groups in total. The molecular weight excluding hydrogens is 347 g/mol. The molecule has 0 aliphatic heterocycles. The zero-order chi connectivity index (χ0) is 16.3.